The third-order valence-electron chi connectivity index (χ3n) is 4.15. The number of nitrogens with zero attached hydrogens (tertiary/aromatic N) is 2. The molecule has 0 radical (unpaired) electrons. The van der Waals surface area contributed by atoms with Crippen LogP contribution in [0.2, 0.25) is 0 Å². The Hall–Kier alpha value is -3.04. The van der Waals surface area contributed by atoms with Gasteiger partial charge in [0.15, 0.2) is 11.6 Å². The molecule has 0 spiro atoms. The number of aromatic nitrogens is 2. The van der Waals surface area contributed by atoms with Gasteiger partial charge in [-0.1, -0.05) is 6.07 Å². The van der Waals surface area contributed by atoms with Crippen molar-refractivity contribution >= 4 is 11.7 Å². The Balaban J connectivity index is 2.29. The molecule has 10 heteroatoms. The van der Waals surface area contributed by atoms with Crippen LogP contribution in [-0.4, -0.2) is 26.7 Å². The van der Waals surface area contributed by atoms with Gasteiger partial charge < -0.3 is 5.32 Å². The summed E-state index contributed by atoms with van der Waals surface area (Å²) in [4.78, 5) is 35.2. The lowest BCUT2D eigenvalue weighted by molar-refractivity contribution is -0.509. The average molecular weight is 352 g/mol. The number of halogens is 2. The topological polar surface area (TPSA) is 110 Å². The molecule has 3 rings (SSSR count). The van der Waals surface area contributed by atoms with E-state index in [1.165, 1.54) is 4.68 Å². The van der Waals surface area contributed by atoms with E-state index in [1.54, 1.807) is 13.8 Å². The third-order valence-corrected chi connectivity index (χ3v) is 4.15. The second-order valence-corrected chi connectivity index (χ2v) is 6.04. The SMILES string of the molecule is CC(C)n1[nH]c(=O)c2c1NC(=O)C([N+](=O)[O-])C2c1ccc(F)c(F)c1. The Morgan fingerprint density at radius 1 is 1.24 bits per heavy atom. The van der Waals surface area contributed by atoms with Crippen LogP contribution in [0, 0.1) is 21.7 Å². The van der Waals surface area contributed by atoms with Gasteiger partial charge in [0.25, 0.3) is 5.56 Å². The molecule has 1 aromatic carbocycles. The first-order valence-corrected chi connectivity index (χ1v) is 7.46. The number of nitro groups is 1. The van der Waals surface area contributed by atoms with Gasteiger partial charge in [-0.3, -0.25) is 29.5 Å². The van der Waals surface area contributed by atoms with Crippen molar-refractivity contribution in [2.75, 3.05) is 5.32 Å². The number of aromatic amines is 1. The zero-order valence-corrected chi connectivity index (χ0v) is 13.2. The third kappa shape index (κ3) is 2.59. The van der Waals surface area contributed by atoms with Crippen LogP contribution in [0.4, 0.5) is 14.6 Å². The van der Waals surface area contributed by atoms with Gasteiger partial charge in [0.2, 0.25) is 0 Å². The summed E-state index contributed by atoms with van der Waals surface area (Å²) in [5.41, 5.74) is -0.713. The molecule has 25 heavy (non-hydrogen) atoms. The summed E-state index contributed by atoms with van der Waals surface area (Å²) in [7, 11) is 0. The molecule has 0 bridgehead atoms. The molecular formula is C15H14F2N4O4. The number of hydrogen-bond acceptors (Lipinski definition) is 4. The highest BCUT2D eigenvalue weighted by Crippen LogP contribution is 2.37. The van der Waals surface area contributed by atoms with E-state index in [0.717, 1.165) is 18.2 Å². The number of H-pyrrole nitrogens is 1. The summed E-state index contributed by atoms with van der Waals surface area (Å²) in [6, 6.07) is 0.636. The van der Waals surface area contributed by atoms with Gasteiger partial charge in [-0.25, -0.2) is 8.78 Å². The molecule has 2 unspecified atom stereocenters. The Morgan fingerprint density at radius 3 is 2.48 bits per heavy atom. The molecule has 2 heterocycles. The molecule has 0 fully saturated rings. The van der Waals surface area contributed by atoms with Gasteiger partial charge >= 0.3 is 11.9 Å². The maximum Gasteiger partial charge on any atom is 0.301 e. The van der Waals surface area contributed by atoms with Crippen LogP contribution in [-0.2, 0) is 4.79 Å². The second kappa shape index (κ2) is 5.80. The number of anilines is 1. The first-order chi connectivity index (χ1) is 11.7. The van der Waals surface area contributed by atoms with Crippen LogP contribution in [0.15, 0.2) is 23.0 Å². The van der Waals surface area contributed by atoms with Gasteiger partial charge in [-0.05, 0) is 31.5 Å². The van der Waals surface area contributed by atoms with Crippen molar-refractivity contribution in [2.24, 2.45) is 0 Å². The minimum Gasteiger partial charge on any atom is -0.305 e. The Morgan fingerprint density at radius 2 is 1.92 bits per heavy atom. The Bertz CT molecular complexity index is 934. The van der Waals surface area contributed by atoms with Crippen molar-refractivity contribution in [2.45, 2.75) is 31.8 Å². The fourth-order valence-corrected chi connectivity index (χ4v) is 3.04. The highest BCUT2D eigenvalue weighted by molar-refractivity contribution is 5.97. The molecule has 2 atom stereocenters. The zero-order valence-electron chi connectivity index (χ0n) is 13.2. The maximum absolute atomic E-state index is 13.6. The molecule has 0 saturated carbocycles. The molecule has 0 aliphatic carbocycles. The van der Waals surface area contributed by atoms with Gasteiger partial charge in [0.05, 0.1) is 11.5 Å². The van der Waals surface area contributed by atoms with Crippen LogP contribution in [0.1, 0.15) is 36.9 Å². The normalized spacial score (nSPS) is 19.6. The van der Waals surface area contributed by atoms with Crippen molar-refractivity contribution in [3.63, 3.8) is 0 Å². The molecule has 1 aliphatic heterocycles. The van der Waals surface area contributed by atoms with E-state index < -0.39 is 40.0 Å². The Labute approximate surface area is 139 Å². The number of carbonyl (C=O) groups excluding carboxylic acids is 1. The van der Waals surface area contributed by atoms with E-state index >= 15 is 0 Å². The average Bonchev–Trinajstić information content (AvgIpc) is 2.85. The number of benzene rings is 1. The van der Waals surface area contributed by atoms with E-state index in [2.05, 4.69) is 10.4 Å². The van der Waals surface area contributed by atoms with E-state index in [0.29, 0.717) is 0 Å². The van der Waals surface area contributed by atoms with Crippen LogP contribution in [0.5, 0.6) is 0 Å². The Kier molecular flexibility index (Phi) is 3.90. The van der Waals surface area contributed by atoms with Gasteiger partial charge in [0.1, 0.15) is 5.82 Å². The molecule has 0 saturated heterocycles. The van der Waals surface area contributed by atoms with Gasteiger partial charge in [-0.2, -0.15) is 0 Å². The van der Waals surface area contributed by atoms with Gasteiger partial charge in [-0.15, -0.1) is 0 Å². The fraction of sp³-hybridized carbons (Fsp3) is 0.333. The smallest absolute Gasteiger partial charge is 0.301 e. The van der Waals surface area contributed by atoms with Gasteiger partial charge in [0, 0.05) is 11.0 Å². The van der Waals surface area contributed by atoms with Crippen molar-refractivity contribution in [3.8, 4) is 0 Å². The van der Waals surface area contributed by atoms with E-state index in [-0.39, 0.29) is 23.0 Å². The van der Waals surface area contributed by atoms with Crippen LogP contribution in [0.3, 0.4) is 0 Å². The first-order valence-electron chi connectivity index (χ1n) is 7.46. The monoisotopic (exact) mass is 352 g/mol. The lowest BCUT2D eigenvalue weighted by Gasteiger charge is -2.26. The second-order valence-electron chi connectivity index (χ2n) is 6.04. The van der Waals surface area contributed by atoms with Crippen molar-refractivity contribution in [3.05, 3.63) is 61.4 Å². The number of amides is 1. The molecule has 1 amide bonds. The molecule has 132 valence electrons. The molecule has 8 nitrogen and oxygen atoms in total. The maximum atomic E-state index is 13.6. The molecule has 1 aliphatic rings. The highest BCUT2D eigenvalue weighted by atomic mass is 19.2. The van der Waals surface area contributed by atoms with Crippen LogP contribution >= 0.6 is 0 Å². The summed E-state index contributed by atoms with van der Waals surface area (Å²) in [5, 5.41) is 16.3. The summed E-state index contributed by atoms with van der Waals surface area (Å²) in [6.45, 7) is 3.49. The molecule has 2 N–H and O–H groups in total. The predicted molar refractivity (Wildman–Crippen MR) is 83.1 cm³/mol. The molecular weight excluding hydrogens is 338 g/mol. The minimum absolute atomic E-state index is 0.0243. The summed E-state index contributed by atoms with van der Waals surface area (Å²) >= 11 is 0. The van der Waals surface area contributed by atoms with Crippen LogP contribution in [0.25, 0.3) is 0 Å². The highest BCUT2D eigenvalue weighted by Gasteiger charge is 2.48. The molecule has 1 aromatic heterocycles. The van der Waals surface area contributed by atoms with E-state index in [1.807, 2.05) is 0 Å². The quantitative estimate of drug-likeness (QED) is 0.648. The van der Waals surface area contributed by atoms with Crippen molar-refractivity contribution < 1.29 is 18.5 Å². The van der Waals surface area contributed by atoms with Crippen LogP contribution < -0.4 is 10.9 Å². The zero-order chi connectivity index (χ0) is 18.5. The number of rotatable bonds is 3. The number of carbonyl (C=O) groups is 1. The standard InChI is InChI=1S/C15H14F2N4O4/c1-6(2)20-13-11(14(22)19-20)10(12(21(24)25)15(23)18-13)7-3-4-8(16)9(17)5-7/h3-6,10,12H,1-2H3,(H,18,23)(H,19,22). The van der Waals surface area contributed by atoms with Crippen molar-refractivity contribution in [1.82, 2.24) is 9.78 Å². The lowest BCUT2D eigenvalue weighted by atomic mass is 9.83. The lowest BCUT2D eigenvalue weighted by Crippen LogP contribution is -2.45. The van der Waals surface area contributed by atoms with E-state index in [4.69, 9.17) is 0 Å². The number of nitrogens with one attached hydrogen (secondary N) is 2. The molecule has 2 aromatic rings. The minimum atomic E-state index is -1.83. The summed E-state index contributed by atoms with van der Waals surface area (Å²) in [5.74, 6) is -4.52. The number of hydrogen-bond donors (Lipinski definition) is 2. The number of fused-ring (bicyclic) bond motifs is 1. The summed E-state index contributed by atoms with van der Waals surface area (Å²) in [6.07, 6.45) is 0. The predicted octanol–water partition coefficient (Wildman–Crippen LogP) is 1.76. The van der Waals surface area contributed by atoms with Crippen molar-refractivity contribution in [1.29, 1.82) is 0 Å². The largest absolute Gasteiger partial charge is 0.305 e. The fourth-order valence-electron chi connectivity index (χ4n) is 3.04. The van der Waals surface area contributed by atoms with E-state index in [9.17, 15) is 28.5 Å². The summed E-state index contributed by atoms with van der Waals surface area (Å²) < 4.78 is 28.2. The first kappa shape index (κ1) is 16.8.